The van der Waals surface area contributed by atoms with Crippen molar-refractivity contribution >= 4 is 35.2 Å². The Hall–Kier alpha value is -2.59. The van der Waals surface area contributed by atoms with Crippen LogP contribution in [-0.2, 0) is 6.42 Å². The van der Waals surface area contributed by atoms with Gasteiger partial charge in [-0.2, -0.15) is 11.3 Å². The summed E-state index contributed by atoms with van der Waals surface area (Å²) >= 11 is 1.71. The van der Waals surface area contributed by atoms with Gasteiger partial charge in [-0.25, -0.2) is 19.9 Å². The Labute approximate surface area is 203 Å². The molecule has 10 heteroatoms. The summed E-state index contributed by atoms with van der Waals surface area (Å²) in [5, 5.41) is 4.31. The van der Waals surface area contributed by atoms with E-state index in [1.807, 2.05) is 30.9 Å². The minimum absolute atomic E-state index is 0. The van der Waals surface area contributed by atoms with E-state index < -0.39 is 0 Å². The predicted octanol–water partition coefficient (Wildman–Crippen LogP) is 3.10. The second kappa shape index (κ2) is 10.6. The first-order valence-corrected chi connectivity index (χ1v) is 12.0. The quantitative estimate of drug-likeness (QED) is 0.431. The zero-order chi connectivity index (χ0) is 21.9. The molecule has 0 spiro atoms. The smallest absolute Gasteiger partial charge is 0.180 e. The number of hydrogen-bond donors (Lipinski definition) is 1. The molecule has 4 aromatic heterocycles. The summed E-state index contributed by atoms with van der Waals surface area (Å²) in [6, 6.07) is 4.12. The van der Waals surface area contributed by atoms with Gasteiger partial charge in [0.05, 0.1) is 17.6 Å². The molecule has 1 saturated heterocycles. The van der Waals surface area contributed by atoms with Crippen molar-refractivity contribution < 1.29 is 0 Å². The molecular formula is C23H29ClN8S. The first kappa shape index (κ1) is 23.6. The lowest BCUT2D eigenvalue weighted by Crippen LogP contribution is -2.45. The number of anilines is 1. The maximum atomic E-state index is 5.88. The third-order valence-corrected chi connectivity index (χ3v) is 6.84. The van der Waals surface area contributed by atoms with E-state index in [1.54, 1.807) is 11.3 Å². The van der Waals surface area contributed by atoms with E-state index in [4.69, 9.17) is 15.7 Å². The van der Waals surface area contributed by atoms with Crippen LogP contribution in [0, 0.1) is 0 Å². The summed E-state index contributed by atoms with van der Waals surface area (Å²) in [6.45, 7) is 4.61. The molecule has 5 heterocycles. The Bertz CT molecular complexity index is 1170. The first-order chi connectivity index (χ1) is 15.7. The van der Waals surface area contributed by atoms with Gasteiger partial charge in [-0.15, -0.1) is 12.4 Å². The highest BCUT2D eigenvalue weighted by Crippen LogP contribution is 2.27. The molecule has 4 aromatic rings. The standard InChI is InChI=1S/C23H28N8S.ClH/c1-29-9-11-30(12-10-29)22-23-27-15-20(31(23)8-7-26-22)19-3-6-25-21(28-19)14-17(2-5-24)18-4-13-32-16-18;/h3-4,6-8,13,15-17H,2,5,9-12,14,24H2,1H3;1H. The third-order valence-electron chi connectivity index (χ3n) is 6.14. The van der Waals surface area contributed by atoms with Crippen molar-refractivity contribution in [1.82, 2.24) is 29.2 Å². The largest absolute Gasteiger partial charge is 0.351 e. The monoisotopic (exact) mass is 484 g/mol. The SMILES string of the molecule is CN1CCN(c2nccn3c(-c4ccnc(CC(CCN)c5ccsc5)n4)cnc23)CC1.Cl. The van der Waals surface area contributed by atoms with Crippen molar-refractivity contribution in [2.24, 2.45) is 5.73 Å². The number of aromatic nitrogens is 5. The first-order valence-electron chi connectivity index (χ1n) is 11.0. The molecule has 0 aromatic carbocycles. The Morgan fingerprint density at radius 1 is 1.09 bits per heavy atom. The van der Waals surface area contributed by atoms with E-state index in [-0.39, 0.29) is 12.4 Å². The fourth-order valence-electron chi connectivity index (χ4n) is 4.29. The van der Waals surface area contributed by atoms with Crippen LogP contribution in [0.2, 0.25) is 0 Å². The lowest BCUT2D eigenvalue weighted by Gasteiger charge is -2.33. The second-order valence-electron chi connectivity index (χ2n) is 8.27. The van der Waals surface area contributed by atoms with Crippen LogP contribution in [0.1, 0.15) is 23.7 Å². The van der Waals surface area contributed by atoms with Gasteiger partial charge in [0.15, 0.2) is 11.5 Å². The van der Waals surface area contributed by atoms with Crippen molar-refractivity contribution in [3.05, 3.63) is 59.1 Å². The third kappa shape index (κ3) is 5.01. The minimum Gasteiger partial charge on any atom is -0.351 e. The van der Waals surface area contributed by atoms with Gasteiger partial charge in [-0.05, 0) is 54.4 Å². The minimum atomic E-state index is 0. The molecule has 0 amide bonds. The zero-order valence-corrected chi connectivity index (χ0v) is 20.3. The number of fused-ring (bicyclic) bond motifs is 1. The number of nitrogens with two attached hydrogens (primary N) is 1. The maximum Gasteiger partial charge on any atom is 0.180 e. The lowest BCUT2D eigenvalue weighted by molar-refractivity contribution is 0.312. The van der Waals surface area contributed by atoms with Gasteiger partial charge in [-0.1, -0.05) is 0 Å². The number of hydrogen-bond acceptors (Lipinski definition) is 8. The Kier molecular flexibility index (Phi) is 7.54. The van der Waals surface area contributed by atoms with Crippen molar-refractivity contribution in [1.29, 1.82) is 0 Å². The maximum absolute atomic E-state index is 5.88. The van der Waals surface area contributed by atoms with Gasteiger partial charge in [0.1, 0.15) is 5.82 Å². The second-order valence-corrected chi connectivity index (χ2v) is 9.05. The molecule has 1 aliphatic rings. The number of rotatable bonds is 7. The van der Waals surface area contributed by atoms with E-state index in [1.165, 1.54) is 5.56 Å². The van der Waals surface area contributed by atoms with E-state index >= 15 is 0 Å². The van der Waals surface area contributed by atoms with Crippen LogP contribution in [-0.4, -0.2) is 69.0 Å². The number of imidazole rings is 1. The summed E-state index contributed by atoms with van der Waals surface area (Å²) in [5.74, 6) is 2.09. The van der Waals surface area contributed by atoms with Gasteiger partial charge in [0.25, 0.3) is 0 Å². The van der Waals surface area contributed by atoms with Gasteiger partial charge in [-0.3, -0.25) is 4.40 Å². The van der Waals surface area contributed by atoms with E-state index in [2.05, 4.69) is 48.0 Å². The molecule has 5 rings (SSSR count). The van der Waals surface area contributed by atoms with Crippen LogP contribution in [0.3, 0.4) is 0 Å². The van der Waals surface area contributed by atoms with E-state index in [0.717, 1.165) is 67.7 Å². The molecule has 0 radical (unpaired) electrons. The Morgan fingerprint density at radius 2 is 1.94 bits per heavy atom. The molecule has 1 aliphatic heterocycles. The number of likely N-dealkylation sites (N-methyl/N-ethyl adjacent to an activating group) is 1. The van der Waals surface area contributed by atoms with Crippen LogP contribution in [0.25, 0.3) is 17.0 Å². The molecule has 2 N–H and O–H groups in total. The summed E-state index contributed by atoms with van der Waals surface area (Å²) in [5.41, 5.74) is 9.88. The average Bonchev–Trinajstić information content (AvgIpc) is 3.50. The molecule has 1 atom stereocenters. The summed E-state index contributed by atoms with van der Waals surface area (Å²) < 4.78 is 2.09. The molecule has 0 bridgehead atoms. The van der Waals surface area contributed by atoms with Gasteiger partial charge >= 0.3 is 0 Å². The molecule has 0 saturated carbocycles. The van der Waals surface area contributed by atoms with Crippen molar-refractivity contribution in [3.8, 4) is 11.4 Å². The highest BCUT2D eigenvalue weighted by atomic mass is 35.5. The molecule has 8 nitrogen and oxygen atoms in total. The van der Waals surface area contributed by atoms with Crippen LogP contribution in [0.5, 0.6) is 0 Å². The number of nitrogens with zero attached hydrogens (tertiary/aromatic N) is 7. The van der Waals surface area contributed by atoms with Gasteiger partial charge in [0, 0.05) is 51.2 Å². The van der Waals surface area contributed by atoms with Gasteiger partial charge in [0.2, 0.25) is 0 Å². The number of halogens is 1. The number of thiophene rings is 1. The zero-order valence-electron chi connectivity index (χ0n) is 18.7. The summed E-state index contributed by atoms with van der Waals surface area (Å²) in [6.07, 6.45) is 9.22. The average molecular weight is 485 g/mol. The summed E-state index contributed by atoms with van der Waals surface area (Å²) in [7, 11) is 2.15. The van der Waals surface area contributed by atoms with E-state index in [0.29, 0.717) is 12.5 Å². The fraction of sp³-hybridized carbons (Fsp3) is 0.391. The van der Waals surface area contributed by atoms with Crippen LogP contribution < -0.4 is 10.6 Å². The fourth-order valence-corrected chi connectivity index (χ4v) is 5.03. The topological polar surface area (TPSA) is 88.5 Å². The van der Waals surface area contributed by atoms with Crippen LogP contribution in [0.4, 0.5) is 5.82 Å². The molecule has 1 fully saturated rings. The highest BCUT2D eigenvalue weighted by molar-refractivity contribution is 7.08. The van der Waals surface area contributed by atoms with Crippen molar-refractivity contribution in [2.45, 2.75) is 18.8 Å². The molecule has 0 aliphatic carbocycles. The predicted molar refractivity (Wildman–Crippen MR) is 135 cm³/mol. The lowest BCUT2D eigenvalue weighted by atomic mass is 9.94. The molecule has 174 valence electrons. The Balaban J connectivity index is 0.00000259. The molecule has 1 unspecified atom stereocenters. The highest BCUT2D eigenvalue weighted by Gasteiger charge is 2.20. The van der Waals surface area contributed by atoms with Crippen LogP contribution in [0.15, 0.2) is 47.7 Å². The van der Waals surface area contributed by atoms with Crippen LogP contribution >= 0.6 is 23.7 Å². The van der Waals surface area contributed by atoms with Crippen molar-refractivity contribution in [3.63, 3.8) is 0 Å². The van der Waals surface area contributed by atoms with E-state index in [9.17, 15) is 0 Å². The molecular weight excluding hydrogens is 456 g/mol. The molecule has 33 heavy (non-hydrogen) atoms. The van der Waals surface area contributed by atoms with Gasteiger partial charge < -0.3 is 15.5 Å². The normalized spacial score (nSPS) is 15.5. The number of piperazine rings is 1. The van der Waals surface area contributed by atoms with Crippen molar-refractivity contribution in [2.75, 3.05) is 44.7 Å². The summed E-state index contributed by atoms with van der Waals surface area (Å²) in [4.78, 5) is 23.5. The Morgan fingerprint density at radius 3 is 2.70 bits per heavy atom.